The Morgan fingerprint density at radius 1 is 1.23 bits per heavy atom. The zero-order valence-corrected chi connectivity index (χ0v) is 15.4. The lowest BCUT2D eigenvalue weighted by atomic mass is 9.97. The Morgan fingerprint density at radius 2 is 1.92 bits per heavy atom. The molecule has 0 radical (unpaired) electrons. The molecule has 1 aromatic carbocycles. The summed E-state index contributed by atoms with van der Waals surface area (Å²) < 4.78 is 52.6. The molecule has 0 spiro atoms. The molecule has 2 heterocycles. The maximum Gasteiger partial charge on any atom is 0.243 e. The molecule has 11 heteroatoms. The van der Waals surface area contributed by atoms with Gasteiger partial charge in [0.05, 0.1) is 4.90 Å². The van der Waals surface area contributed by atoms with E-state index in [2.05, 4.69) is 15.5 Å². The van der Waals surface area contributed by atoms with Crippen molar-refractivity contribution in [3.05, 3.63) is 34.8 Å². The number of aromatic nitrogens is 2. The quantitative estimate of drug-likeness (QED) is 0.846. The smallest absolute Gasteiger partial charge is 0.243 e. The molecule has 7 nitrogen and oxygen atoms in total. The highest BCUT2D eigenvalue weighted by Gasteiger charge is 2.32. The Morgan fingerprint density at radius 3 is 2.50 bits per heavy atom. The Balaban J connectivity index is 1.63. The van der Waals surface area contributed by atoms with Gasteiger partial charge in [-0.2, -0.15) is 4.31 Å². The van der Waals surface area contributed by atoms with Crippen LogP contribution in [-0.4, -0.2) is 41.9 Å². The zero-order chi connectivity index (χ0) is 18.9. The molecule has 1 saturated heterocycles. The third kappa shape index (κ3) is 3.89. The van der Waals surface area contributed by atoms with Crippen molar-refractivity contribution in [1.29, 1.82) is 0 Å². The maximum atomic E-state index is 13.3. The van der Waals surface area contributed by atoms with Crippen molar-refractivity contribution < 1.29 is 22.0 Å². The van der Waals surface area contributed by atoms with Crippen molar-refractivity contribution in [3.63, 3.8) is 0 Å². The maximum absolute atomic E-state index is 13.3. The zero-order valence-electron chi connectivity index (χ0n) is 13.8. The average molecular weight is 402 g/mol. The summed E-state index contributed by atoms with van der Waals surface area (Å²) in [6, 6.07) is 2.48. The minimum atomic E-state index is -3.93. The van der Waals surface area contributed by atoms with E-state index in [9.17, 15) is 22.0 Å². The van der Waals surface area contributed by atoms with Gasteiger partial charge in [0.25, 0.3) is 0 Å². The van der Waals surface area contributed by atoms with Gasteiger partial charge < -0.3 is 5.32 Å². The van der Waals surface area contributed by atoms with Gasteiger partial charge in [0.15, 0.2) is 11.6 Å². The van der Waals surface area contributed by atoms with Gasteiger partial charge in [0.2, 0.25) is 21.1 Å². The van der Waals surface area contributed by atoms with E-state index >= 15 is 0 Å². The number of amides is 1. The first-order chi connectivity index (χ1) is 12.3. The summed E-state index contributed by atoms with van der Waals surface area (Å²) in [6.07, 6.45) is 0.652. The number of benzene rings is 1. The van der Waals surface area contributed by atoms with Gasteiger partial charge in [-0.25, -0.2) is 17.2 Å². The summed E-state index contributed by atoms with van der Waals surface area (Å²) in [7, 11) is -3.93. The summed E-state index contributed by atoms with van der Waals surface area (Å²) in [6.45, 7) is 2.01. The molecule has 140 valence electrons. The Bertz CT molecular complexity index is 925. The number of nitrogens with one attached hydrogen (secondary N) is 1. The van der Waals surface area contributed by atoms with Crippen LogP contribution in [0.3, 0.4) is 0 Å². The van der Waals surface area contributed by atoms with E-state index in [1.165, 1.54) is 15.6 Å². The number of piperidine rings is 1. The SMILES string of the molecule is Cc1nnc(NC(=O)C2CCN(S(=O)(=O)c3ccc(F)c(F)c3)CC2)s1. The number of carbonyl (C=O) groups excluding carboxylic acids is 1. The predicted octanol–water partition coefficient (Wildman–Crippen LogP) is 2.16. The van der Waals surface area contributed by atoms with E-state index in [4.69, 9.17) is 0 Å². The van der Waals surface area contributed by atoms with Gasteiger partial charge >= 0.3 is 0 Å². The molecule has 0 bridgehead atoms. The normalized spacial score (nSPS) is 16.6. The standard InChI is InChI=1S/C15H16F2N4O3S2/c1-9-19-20-15(25-9)18-14(22)10-4-6-21(7-5-10)26(23,24)11-2-3-12(16)13(17)8-11/h2-3,8,10H,4-7H2,1H3,(H,18,20,22). The van der Waals surface area contributed by atoms with Crippen LogP contribution in [0.25, 0.3) is 0 Å². The summed E-state index contributed by atoms with van der Waals surface area (Å²) in [5.41, 5.74) is 0. The molecule has 2 aromatic rings. The van der Waals surface area contributed by atoms with Crippen LogP contribution in [0.2, 0.25) is 0 Å². The molecule has 1 fully saturated rings. The number of aryl methyl sites for hydroxylation is 1. The average Bonchev–Trinajstić information content (AvgIpc) is 3.02. The number of halogens is 2. The summed E-state index contributed by atoms with van der Waals surface area (Å²) >= 11 is 1.26. The molecule has 0 unspecified atom stereocenters. The second-order valence-corrected chi connectivity index (χ2v) is 8.99. The number of hydrogen-bond donors (Lipinski definition) is 1. The van der Waals surface area contributed by atoms with Crippen LogP contribution in [0, 0.1) is 24.5 Å². The lowest BCUT2D eigenvalue weighted by Gasteiger charge is -2.30. The Labute approximate surface area is 153 Å². The molecule has 26 heavy (non-hydrogen) atoms. The van der Waals surface area contributed by atoms with Crippen molar-refractivity contribution in [1.82, 2.24) is 14.5 Å². The minimum Gasteiger partial charge on any atom is -0.300 e. The van der Waals surface area contributed by atoms with Crippen LogP contribution in [0.1, 0.15) is 17.8 Å². The predicted molar refractivity (Wildman–Crippen MR) is 91.1 cm³/mol. The van der Waals surface area contributed by atoms with Crippen molar-refractivity contribution in [3.8, 4) is 0 Å². The van der Waals surface area contributed by atoms with Crippen molar-refractivity contribution >= 4 is 32.4 Å². The third-order valence-electron chi connectivity index (χ3n) is 4.11. The summed E-state index contributed by atoms with van der Waals surface area (Å²) in [4.78, 5) is 12.0. The van der Waals surface area contributed by atoms with Gasteiger partial charge in [-0.3, -0.25) is 4.79 Å². The number of nitrogens with zero attached hydrogens (tertiary/aromatic N) is 3. The van der Waals surface area contributed by atoms with E-state index < -0.39 is 21.7 Å². The third-order valence-corrected chi connectivity index (χ3v) is 6.76. The molecule has 0 atom stereocenters. The van der Waals surface area contributed by atoms with Crippen molar-refractivity contribution in [2.24, 2.45) is 5.92 Å². The summed E-state index contributed by atoms with van der Waals surface area (Å²) in [5, 5.41) is 11.5. The van der Waals surface area contributed by atoms with E-state index in [1.807, 2.05) is 0 Å². The van der Waals surface area contributed by atoms with Crippen molar-refractivity contribution in [2.75, 3.05) is 18.4 Å². The number of rotatable bonds is 4. The van der Waals surface area contributed by atoms with Gasteiger partial charge in [0.1, 0.15) is 5.01 Å². The second kappa shape index (κ2) is 7.33. The largest absolute Gasteiger partial charge is 0.300 e. The van der Waals surface area contributed by atoms with Crippen molar-refractivity contribution in [2.45, 2.75) is 24.7 Å². The Kier molecular flexibility index (Phi) is 5.30. The minimum absolute atomic E-state index is 0.120. The first-order valence-electron chi connectivity index (χ1n) is 7.83. The van der Waals surface area contributed by atoms with Crippen LogP contribution >= 0.6 is 11.3 Å². The van der Waals surface area contributed by atoms with E-state index in [-0.39, 0.29) is 29.8 Å². The van der Waals surface area contributed by atoms with Crippen LogP contribution in [0.4, 0.5) is 13.9 Å². The first-order valence-corrected chi connectivity index (χ1v) is 10.1. The lowest BCUT2D eigenvalue weighted by Crippen LogP contribution is -2.41. The number of hydrogen-bond acceptors (Lipinski definition) is 6. The molecule has 0 saturated carbocycles. The topological polar surface area (TPSA) is 92.3 Å². The van der Waals surface area contributed by atoms with Crippen LogP contribution in [0.15, 0.2) is 23.1 Å². The van der Waals surface area contributed by atoms with Gasteiger partial charge in [-0.05, 0) is 38.0 Å². The fourth-order valence-corrected chi connectivity index (χ4v) is 4.78. The highest BCUT2D eigenvalue weighted by Crippen LogP contribution is 2.26. The lowest BCUT2D eigenvalue weighted by molar-refractivity contribution is -0.120. The monoisotopic (exact) mass is 402 g/mol. The van der Waals surface area contributed by atoms with Gasteiger partial charge in [-0.1, -0.05) is 11.3 Å². The van der Waals surface area contributed by atoms with Gasteiger partial charge in [0, 0.05) is 19.0 Å². The van der Waals surface area contributed by atoms with E-state index in [1.54, 1.807) is 6.92 Å². The Hall–Kier alpha value is -1.98. The van der Waals surface area contributed by atoms with E-state index in [0.29, 0.717) is 24.0 Å². The molecule has 1 aromatic heterocycles. The molecule has 1 amide bonds. The van der Waals surface area contributed by atoms with Crippen LogP contribution in [0.5, 0.6) is 0 Å². The fourth-order valence-electron chi connectivity index (χ4n) is 2.70. The molecule has 1 aliphatic heterocycles. The molecule has 1 N–H and O–H groups in total. The van der Waals surface area contributed by atoms with E-state index in [0.717, 1.165) is 17.1 Å². The van der Waals surface area contributed by atoms with Gasteiger partial charge in [-0.15, -0.1) is 10.2 Å². The van der Waals surface area contributed by atoms with Crippen LogP contribution in [-0.2, 0) is 14.8 Å². The molecule has 1 aliphatic rings. The first kappa shape index (κ1) is 18.8. The summed E-state index contributed by atoms with van der Waals surface area (Å²) in [5.74, 6) is -2.90. The molecule has 0 aliphatic carbocycles. The second-order valence-electron chi connectivity index (χ2n) is 5.87. The highest BCUT2D eigenvalue weighted by molar-refractivity contribution is 7.89. The molecular weight excluding hydrogens is 386 g/mol. The molecular formula is C15H16F2N4O3S2. The van der Waals surface area contributed by atoms with Crippen LogP contribution < -0.4 is 5.32 Å². The number of anilines is 1. The number of sulfonamides is 1. The highest BCUT2D eigenvalue weighted by atomic mass is 32.2. The fraction of sp³-hybridized carbons (Fsp3) is 0.400. The molecule has 3 rings (SSSR count). The number of carbonyl (C=O) groups is 1.